The molecule has 0 fully saturated rings. The molecule has 0 spiro atoms. The number of nitrogens with zero attached hydrogens (tertiary/aromatic N) is 1. The number of esters is 1. The number of hydrogen-bond donors (Lipinski definition) is 0. The van der Waals surface area contributed by atoms with Crippen molar-refractivity contribution in [2.45, 2.75) is 0 Å². The van der Waals surface area contributed by atoms with Crippen LogP contribution < -0.4 is 29.2 Å². The molecule has 10 heteroatoms. The van der Waals surface area contributed by atoms with Crippen molar-refractivity contribution in [2.75, 3.05) is 42.7 Å². The zero-order chi connectivity index (χ0) is 27.6. The van der Waals surface area contributed by atoms with Gasteiger partial charge in [-0.15, -0.1) is 0 Å². The van der Waals surface area contributed by atoms with Gasteiger partial charge < -0.3 is 28.4 Å². The van der Waals surface area contributed by atoms with Crippen molar-refractivity contribution in [1.82, 2.24) is 4.57 Å². The number of pyridine rings is 1. The van der Waals surface area contributed by atoms with E-state index >= 15 is 0 Å². The molecule has 9 nitrogen and oxygen atoms in total. The second kappa shape index (κ2) is 10.9. The van der Waals surface area contributed by atoms with Crippen LogP contribution in [0, 0.1) is 0 Å². The summed E-state index contributed by atoms with van der Waals surface area (Å²) in [6.07, 6.45) is 0. The Balaban J connectivity index is 2.31. The lowest BCUT2D eigenvalue weighted by atomic mass is 9.95. The van der Waals surface area contributed by atoms with Crippen molar-refractivity contribution in [3.05, 3.63) is 69.6 Å². The van der Waals surface area contributed by atoms with E-state index in [0.29, 0.717) is 56.0 Å². The van der Waals surface area contributed by atoms with E-state index in [1.54, 1.807) is 48.5 Å². The summed E-state index contributed by atoms with van der Waals surface area (Å²) in [7, 11) is 8.67. The van der Waals surface area contributed by atoms with Gasteiger partial charge in [-0.2, -0.15) is 0 Å². The van der Waals surface area contributed by atoms with E-state index < -0.39 is 11.5 Å². The van der Waals surface area contributed by atoms with Gasteiger partial charge in [0.2, 0.25) is 5.75 Å². The van der Waals surface area contributed by atoms with Crippen molar-refractivity contribution in [3.8, 4) is 45.6 Å². The van der Waals surface area contributed by atoms with Gasteiger partial charge in [-0.1, -0.05) is 17.7 Å². The van der Waals surface area contributed by atoms with Crippen LogP contribution in [0.5, 0.6) is 28.7 Å². The number of benzene rings is 3. The topological polar surface area (TPSA) is 94.5 Å². The van der Waals surface area contributed by atoms with Gasteiger partial charge in [0.25, 0.3) is 5.56 Å². The van der Waals surface area contributed by atoms with Crippen LogP contribution in [0.2, 0.25) is 5.02 Å². The maximum absolute atomic E-state index is 14.0. The van der Waals surface area contributed by atoms with E-state index in [1.807, 2.05) is 0 Å². The standard InChI is InChI=1S/C28H26ClNO8/c1-33-20-13-18-19(14-21(20)34-2)27(31)30(17-9-7-8-16(29)12-17)25(28(32)38-6)24(18)15-10-22(35-3)26(37-5)23(11-15)36-4/h7-14H,1-6H3. The lowest BCUT2D eigenvalue weighted by Crippen LogP contribution is -2.27. The summed E-state index contributed by atoms with van der Waals surface area (Å²) >= 11 is 6.27. The summed E-state index contributed by atoms with van der Waals surface area (Å²) in [6.45, 7) is 0. The number of fused-ring (bicyclic) bond motifs is 1. The highest BCUT2D eigenvalue weighted by Gasteiger charge is 2.28. The lowest BCUT2D eigenvalue weighted by Gasteiger charge is -2.21. The monoisotopic (exact) mass is 539 g/mol. The van der Waals surface area contributed by atoms with Crippen molar-refractivity contribution >= 4 is 28.3 Å². The molecule has 1 heterocycles. The molecule has 38 heavy (non-hydrogen) atoms. The second-order valence-corrected chi connectivity index (χ2v) is 8.44. The van der Waals surface area contributed by atoms with Crippen LogP contribution in [0.3, 0.4) is 0 Å². The van der Waals surface area contributed by atoms with Gasteiger partial charge >= 0.3 is 5.97 Å². The van der Waals surface area contributed by atoms with Gasteiger partial charge in [-0.05, 0) is 48.0 Å². The van der Waals surface area contributed by atoms with Crippen molar-refractivity contribution < 1.29 is 33.2 Å². The highest BCUT2D eigenvalue weighted by Crippen LogP contribution is 2.45. The molecule has 0 atom stereocenters. The van der Waals surface area contributed by atoms with E-state index in [2.05, 4.69) is 0 Å². The predicted octanol–water partition coefficient (Wildman–Crippen LogP) is 5.14. The largest absolute Gasteiger partial charge is 0.493 e. The van der Waals surface area contributed by atoms with Crippen LogP contribution in [0.15, 0.2) is 53.3 Å². The third kappa shape index (κ3) is 4.45. The first-order valence-corrected chi connectivity index (χ1v) is 11.7. The number of aromatic nitrogens is 1. The summed E-state index contributed by atoms with van der Waals surface area (Å²) in [4.78, 5) is 27.5. The molecular weight excluding hydrogens is 514 g/mol. The van der Waals surface area contributed by atoms with Crippen molar-refractivity contribution in [2.24, 2.45) is 0 Å². The fourth-order valence-corrected chi connectivity index (χ4v) is 4.58. The Kier molecular flexibility index (Phi) is 7.68. The Hall–Kier alpha value is -4.37. The average molecular weight is 540 g/mol. The molecule has 0 saturated heterocycles. The van der Waals surface area contributed by atoms with E-state index in [0.717, 1.165) is 0 Å². The van der Waals surface area contributed by atoms with Crippen LogP contribution in [0.4, 0.5) is 0 Å². The number of ether oxygens (including phenoxy) is 6. The van der Waals surface area contributed by atoms with Gasteiger partial charge in [0.15, 0.2) is 23.0 Å². The summed E-state index contributed by atoms with van der Waals surface area (Å²) in [5, 5.41) is 1.06. The molecule has 0 aliphatic heterocycles. The first-order valence-electron chi connectivity index (χ1n) is 11.3. The molecule has 0 aliphatic carbocycles. The third-order valence-corrected chi connectivity index (χ3v) is 6.32. The van der Waals surface area contributed by atoms with E-state index in [1.165, 1.54) is 47.2 Å². The molecule has 198 valence electrons. The number of hydrogen-bond acceptors (Lipinski definition) is 8. The number of methoxy groups -OCH3 is 6. The van der Waals surface area contributed by atoms with Crippen LogP contribution >= 0.6 is 11.6 Å². The fourth-order valence-electron chi connectivity index (χ4n) is 4.39. The Bertz CT molecular complexity index is 1570. The number of rotatable bonds is 8. The molecule has 1 aromatic heterocycles. The first kappa shape index (κ1) is 26.7. The molecule has 3 aromatic carbocycles. The Morgan fingerprint density at radius 1 is 0.737 bits per heavy atom. The molecule has 0 aliphatic rings. The maximum atomic E-state index is 14.0. The Morgan fingerprint density at radius 2 is 1.32 bits per heavy atom. The van der Waals surface area contributed by atoms with Gasteiger partial charge in [-0.25, -0.2) is 4.79 Å². The molecule has 0 bridgehead atoms. The first-order chi connectivity index (χ1) is 18.3. The van der Waals surface area contributed by atoms with Crippen LogP contribution in [-0.2, 0) is 4.74 Å². The second-order valence-electron chi connectivity index (χ2n) is 8.00. The minimum Gasteiger partial charge on any atom is -0.493 e. The average Bonchev–Trinajstić information content (AvgIpc) is 2.94. The fraction of sp³-hybridized carbons (Fsp3) is 0.214. The summed E-state index contributed by atoms with van der Waals surface area (Å²) in [6, 6.07) is 13.2. The number of halogens is 1. The highest BCUT2D eigenvalue weighted by atomic mass is 35.5. The normalized spacial score (nSPS) is 10.7. The molecule has 0 saturated carbocycles. The number of carbonyl (C=O) groups excluding carboxylic acids is 1. The maximum Gasteiger partial charge on any atom is 0.355 e. The zero-order valence-electron chi connectivity index (χ0n) is 21.7. The van der Waals surface area contributed by atoms with E-state index in [-0.39, 0.29) is 11.1 Å². The minimum absolute atomic E-state index is 0.0336. The molecule has 4 rings (SSSR count). The van der Waals surface area contributed by atoms with Gasteiger partial charge in [0, 0.05) is 16.0 Å². The van der Waals surface area contributed by atoms with Gasteiger partial charge in [-0.3, -0.25) is 9.36 Å². The van der Waals surface area contributed by atoms with Crippen LogP contribution in [-0.4, -0.2) is 53.2 Å². The minimum atomic E-state index is -0.748. The van der Waals surface area contributed by atoms with Crippen LogP contribution in [0.1, 0.15) is 10.5 Å². The quantitative estimate of drug-likeness (QED) is 0.284. The smallest absolute Gasteiger partial charge is 0.355 e. The van der Waals surface area contributed by atoms with E-state index in [4.69, 9.17) is 40.0 Å². The van der Waals surface area contributed by atoms with Gasteiger partial charge in [0.05, 0.1) is 53.7 Å². The molecule has 0 radical (unpaired) electrons. The summed E-state index contributed by atoms with van der Waals surface area (Å²) < 4.78 is 34.0. The van der Waals surface area contributed by atoms with Crippen LogP contribution in [0.25, 0.3) is 27.6 Å². The molecule has 0 unspecified atom stereocenters. The predicted molar refractivity (Wildman–Crippen MR) is 144 cm³/mol. The summed E-state index contributed by atoms with van der Waals surface area (Å²) in [5.41, 5.74) is 0.710. The van der Waals surface area contributed by atoms with Crippen molar-refractivity contribution in [3.63, 3.8) is 0 Å². The zero-order valence-corrected chi connectivity index (χ0v) is 22.5. The van der Waals surface area contributed by atoms with E-state index in [9.17, 15) is 9.59 Å². The molecule has 0 amide bonds. The molecule has 0 N–H and O–H groups in total. The Morgan fingerprint density at radius 3 is 1.82 bits per heavy atom. The third-order valence-electron chi connectivity index (χ3n) is 6.09. The lowest BCUT2D eigenvalue weighted by molar-refractivity contribution is 0.0591. The Labute approximate surface area is 224 Å². The molecule has 4 aromatic rings. The summed E-state index contributed by atoms with van der Waals surface area (Å²) in [5.74, 6) is 1.03. The highest BCUT2D eigenvalue weighted by molar-refractivity contribution is 6.30. The molecular formula is C28H26ClNO8. The SMILES string of the molecule is COC(=O)c1c(-c2cc(OC)c(OC)c(OC)c2)c2cc(OC)c(OC)cc2c(=O)n1-c1cccc(Cl)c1. The number of carbonyl (C=O) groups is 1. The van der Waals surface area contributed by atoms with Crippen molar-refractivity contribution in [1.29, 1.82) is 0 Å². The van der Waals surface area contributed by atoms with Gasteiger partial charge in [0.1, 0.15) is 5.69 Å².